The lowest BCUT2D eigenvalue weighted by Crippen LogP contribution is -2.20. The van der Waals surface area contributed by atoms with Crippen LogP contribution in [0.3, 0.4) is 0 Å². The number of anilines is 1. The van der Waals surface area contributed by atoms with Gasteiger partial charge in [0, 0.05) is 6.07 Å². The van der Waals surface area contributed by atoms with E-state index in [-0.39, 0.29) is 5.56 Å². The maximum atomic E-state index is 11.7. The Balaban J connectivity index is 2.69. The van der Waals surface area contributed by atoms with Crippen molar-refractivity contribution >= 4 is 5.82 Å². The molecule has 2 aromatic rings. The molecule has 0 saturated heterocycles. The van der Waals surface area contributed by atoms with Gasteiger partial charge < -0.3 is 5.73 Å². The number of nitrogen functional groups attached to an aromatic ring is 1. The highest BCUT2D eigenvalue weighted by Gasteiger charge is 2.03. The molecule has 0 unspecified atom stereocenters. The van der Waals surface area contributed by atoms with E-state index in [9.17, 15) is 4.79 Å². The lowest BCUT2D eigenvalue weighted by molar-refractivity contribution is 0.997. The van der Waals surface area contributed by atoms with Gasteiger partial charge in [0.1, 0.15) is 5.82 Å². The summed E-state index contributed by atoms with van der Waals surface area (Å²) in [6, 6.07) is 12.7. The molecule has 3 heteroatoms. The smallest absolute Gasteiger partial charge is 0.256 e. The molecular weight excluding hydrogens is 188 g/mol. The molecule has 0 amide bonds. The van der Waals surface area contributed by atoms with Crippen molar-refractivity contribution in [1.82, 2.24) is 4.57 Å². The number of aryl methyl sites for hydroxylation is 1. The van der Waals surface area contributed by atoms with Crippen LogP contribution in [0.15, 0.2) is 47.3 Å². The Morgan fingerprint density at radius 1 is 1.13 bits per heavy atom. The third-order valence-electron chi connectivity index (χ3n) is 2.22. The number of nitrogens with two attached hydrogens (primary N) is 1. The van der Waals surface area contributed by atoms with Crippen molar-refractivity contribution in [2.45, 2.75) is 6.92 Å². The van der Waals surface area contributed by atoms with Crippen LogP contribution in [-0.4, -0.2) is 4.57 Å². The third kappa shape index (κ3) is 1.76. The van der Waals surface area contributed by atoms with E-state index in [1.54, 1.807) is 12.1 Å². The average molecular weight is 200 g/mol. The van der Waals surface area contributed by atoms with E-state index >= 15 is 0 Å². The summed E-state index contributed by atoms with van der Waals surface area (Å²) in [5.74, 6) is 0.464. The molecule has 15 heavy (non-hydrogen) atoms. The zero-order valence-corrected chi connectivity index (χ0v) is 8.47. The Morgan fingerprint density at radius 3 is 2.40 bits per heavy atom. The highest BCUT2D eigenvalue weighted by atomic mass is 16.1. The van der Waals surface area contributed by atoms with Crippen molar-refractivity contribution in [3.8, 4) is 5.69 Å². The van der Waals surface area contributed by atoms with E-state index in [4.69, 9.17) is 5.73 Å². The van der Waals surface area contributed by atoms with E-state index in [1.165, 1.54) is 4.57 Å². The monoisotopic (exact) mass is 200 g/mol. The van der Waals surface area contributed by atoms with Crippen LogP contribution in [0, 0.1) is 6.92 Å². The molecule has 2 N–H and O–H groups in total. The van der Waals surface area contributed by atoms with Gasteiger partial charge in [0.15, 0.2) is 0 Å². The van der Waals surface area contributed by atoms with Gasteiger partial charge in [-0.05, 0) is 30.7 Å². The summed E-state index contributed by atoms with van der Waals surface area (Å²) in [4.78, 5) is 11.7. The molecule has 1 aromatic carbocycles. The summed E-state index contributed by atoms with van der Waals surface area (Å²) in [5.41, 5.74) is 7.39. The molecule has 0 atom stereocenters. The fraction of sp³-hybridized carbons (Fsp3) is 0.0833. The van der Waals surface area contributed by atoms with Gasteiger partial charge in [-0.25, -0.2) is 0 Å². The molecule has 0 radical (unpaired) electrons. The molecule has 0 bridgehead atoms. The minimum absolute atomic E-state index is 0.0984. The van der Waals surface area contributed by atoms with Crippen molar-refractivity contribution in [2.24, 2.45) is 0 Å². The summed E-state index contributed by atoms with van der Waals surface area (Å²) in [6.07, 6.45) is 0. The van der Waals surface area contributed by atoms with Crippen LogP contribution in [0.1, 0.15) is 5.56 Å². The predicted molar refractivity (Wildman–Crippen MR) is 61.2 cm³/mol. The largest absolute Gasteiger partial charge is 0.385 e. The maximum Gasteiger partial charge on any atom is 0.256 e. The van der Waals surface area contributed by atoms with Gasteiger partial charge in [0.2, 0.25) is 0 Å². The molecule has 3 nitrogen and oxygen atoms in total. The summed E-state index contributed by atoms with van der Waals surface area (Å²) in [7, 11) is 0. The lowest BCUT2D eigenvalue weighted by atomic mass is 10.2. The zero-order chi connectivity index (χ0) is 10.8. The van der Waals surface area contributed by atoms with Gasteiger partial charge in [-0.2, -0.15) is 0 Å². The quantitative estimate of drug-likeness (QED) is 0.762. The van der Waals surface area contributed by atoms with Crippen molar-refractivity contribution < 1.29 is 0 Å². The first kappa shape index (κ1) is 9.52. The van der Waals surface area contributed by atoms with Crippen LogP contribution in [0.2, 0.25) is 0 Å². The second-order valence-corrected chi connectivity index (χ2v) is 3.47. The van der Waals surface area contributed by atoms with E-state index in [2.05, 4.69) is 0 Å². The summed E-state index contributed by atoms with van der Waals surface area (Å²) >= 11 is 0. The highest BCUT2D eigenvalue weighted by Crippen LogP contribution is 2.10. The second kappa shape index (κ2) is 3.61. The van der Waals surface area contributed by atoms with Gasteiger partial charge in [0.05, 0.1) is 5.69 Å². The molecular formula is C12H12N2O. The van der Waals surface area contributed by atoms with E-state index in [1.807, 2.05) is 37.3 Å². The van der Waals surface area contributed by atoms with E-state index in [0.29, 0.717) is 5.82 Å². The number of aromatic nitrogens is 1. The van der Waals surface area contributed by atoms with Gasteiger partial charge >= 0.3 is 0 Å². The molecule has 1 heterocycles. The Kier molecular flexibility index (Phi) is 2.29. The van der Waals surface area contributed by atoms with Gasteiger partial charge in [-0.1, -0.05) is 18.2 Å². The predicted octanol–water partition coefficient (Wildman–Crippen LogP) is 1.73. The first-order valence-electron chi connectivity index (χ1n) is 4.73. The molecule has 0 aliphatic heterocycles. The molecule has 0 aliphatic rings. The van der Waals surface area contributed by atoms with Gasteiger partial charge in [-0.3, -0.25) is 9.36 Å². The highest BCUT2D eigenvalue weighted by molar-refractivity contribution is 5.44. The van der Waals surface area contributed by atoms with Crippen molar-refractivity contribution in [3.05, 3.63) is 58.4 Å². The van der Waals surface area contributed by atoms with Crippen LogP contribution in [0.4, 0.5) is 5.82 Å². The number of para-hydroxylation sites is 1. The van der Waals surface area contributed by atoms with Gasteiger partial charge in [0.25, 0.3) is 5.56 Å². The Morgan fingerprint density at radius 2 is 1.80 bits per heavy atom. The minimum Gasteiger partial charge on any atom is -0.385 e. The molecule has 2 rings (SSSR count). The zero-order valence-electron chi connectivity index (χ0n) is 8.47. The van der Waals surface area contributed by atoms with Crippen LogP contribution < -0.4 is 11.3 Å². The topological polar surface area (TPSA) is 48.0 Å². The van der Waals surface area contributed by atoms with E-state index < -0.39 is 0 Å². The van der Waals surface area contributed by atoms with Crippen molar-refractivity contribution in [1.29, 1.82) is 0 Å². The minimum atomic E-state index is -0.0984. The average Bonchev–Trinajstić information content (AvgIpc) is 2.17. The molecule has 0 saturated carbocycles. The molecule has 0 spiro atoms. The first-order chi connectivity index (χ1) is 7.18. The Labute approximate surface area is 87.8 Å². The Hall–Kier alpha value is -2.03. The SMILES string of the molecule is Cc1cc(N)n(-c2ccccc2)c(=O)c1. The number of pyridine rings is 1. The molecule has 0 fully saturated rings. The van der Waals surface area contributed by atoms with Crippen molar-refractivity contribution in [2.75, 3.05) is 5.73 Å². The fourth-order valence-corrected chi connectivity index (χ4v) is 1.58. The van der Waals surface area contributed by atoms with E-state index in [0.717, 1.165) is 11.3 Å². The van der Waals surface area contributed by atoms with Crippen LogP contribution in [-0.2, 0) is 0 Å². The normalized spacial score (nSPS) is 10.2. The number of hydrogen-bond donors (Lipinski definition) is 1. The number of benzene rings is 1. The molecule has 0 aliphatic carbocycles. The standard InChI is InChI=1S/C12H12N2O/c1-9-7-11(13)14(12(15)8-9)10-5-3-2-4-6-10/h2-8H,13H2,1H3. The summed E-state index contributed by atoms with van der Waals surface area (Å²) in [6.45, 7) is 1.85. The third-order valence-corrected chi connectivity index (χ3v) is 2.22. The van der Waals surface area contributed by atoms with Crippen LogP contribution in [0.25, 0.3) is 5.69 Å². The lowest BCUT2D eigenvalue weighted by Gasteiger charge is -2.09. The summed E-state index contributed by atoms with van der Waals surface area (Å²) < 4.78 is 1.49. The molecule has 76 valence electrons. The second-order valence-electron chi connectivity index (χ2n) is 3.47. The van der Waals surface area contributed by atoms with Gasteiger partial charge in [-0.15, -0.1) is 0 Å². The summed E-state index contributed by atoms with van der Waals surface area (Å²) in [5, 5.41) is 0. The number of hydrogen-bond acceptors (Lipinski definition) is 2. The van der Waals surface area contributed by atoms with Crippen LogP contribution in [0.5, 0.6) is 0 Å². The number of nitrogens with zero attached hydrogens (tertiary/aromatic N) is 1. The van der Waals surface area contributed by atoms with Crippen LogP contribution >= 0.6 is 0 Å². The molecule has 1 aromatic heterocycles. The number of rotatable bonds is 1. The van der Waals surface area contributed by atoms with Crippen molar-refractivity contribution in [3.63, 3.8) is 0 Å². The fourth-order valence-electron chi connectivity index (χ4n) is 1.58. The Bertz CT molecular complexity index is 529. The first-order valence-corrected chi connectivity index (χ1v) is 4.73. The maximum absolute atomic E-state index is 11.7.